The first-order chi connectivity index (χ1) is 8.72. The summed E-state index contributed by atoms with van der Waals surface area (Å²) >= 11 is 1.61. The molecule has 0 aromatic heterocycles. The second-order valence-corrected chi connectivity index (χ2v) is 5.60. The zero-order chi connectivity index (χ0) is 13.0. The number of amides is 1. The Labute approximate surface area is 113 Å². The summed E-state index contributed by atoms with van der Waals surface area (Å²) in [5, 5.41) is 6.48. The first-order valence-corrected chi connectivity index (χ1v) is 7.59. The average molecular weight is 264 g/mol. The molecule has 0 bridgehead atoms. The molecule has 0 spiro atoms. The summed E-state index contributed by atoms with van der Waals surface area (Å²) in [5.74, 6) is 0.581. The molecule has 1 amide bonds. The molecule has 1 aromatic carbocycles. The van der Waals surface area contributed by atoms with Crippen LogP contribution in [0.3, 0.4) is 0 Å². The van der Waals surface area contributed by atoms with E-state index in [9.17, 15) is 4.79 Å². The summed E-state index contributed by atoms with van der Waals surface area (Å²) in [6.45, 7) is 4.12. The number of hydrogen-bond acceptors (Lipinski definition) is 3. The second kappa shape index (κ2) is 6.25. The molecule has 1 heterocycles. The van der Waals surface area contributed by atoms with Crippen molar-refractivity contribution in [2.75, 3.05) is 19.3 Å². The number of carbonyl (C=O) groups is 1. The molecule has 2 N–H and O–H groups in total. The van der Waals surface area contributed by atoms with Crippen molar-refractivity contribution < 1.29 is 4.79 Å². The van der Waals surface area contributed by atoms with Crippen LogP contribution >= 0.6 is 11.8 Å². The third kappa shape index (κ3) is 3.06. The molecule has 0 saturated carbocycles. The predicted octanol–water partition coefficient (Wildman–Crippen LogP) is 2.14. The van der Waals surface area contributed by atoms with Crippen molar-refractivity contribution in [2.45, 2.75) is 24.3 Å². The molecule has 3 nitrogen and oxygen atoms in total. The number of carbonyl (C=O) groups excluding carboxylic acids is 1. The third-order valence-corrected chi connectivity index (χ3v) is 4.29. The van der Waals surface area contributed by atoms with Crippen molar-refractivity contribution in [3.05, 3.63) is 29.8 Å². The fourth-order valence-electron chi connectivity index (χ4n) is 2.26. The van der Waals surface area contributed by atoms with Gasteiger partial charge < -0.3 is 10.6 Å². The maximum Gasteiger partial charge on any atom is 0.252 e. The first kappa shape index (κ1) is 13.4. The van der Waals surface area contributed by atoms with Crippen molar-refractivity contribution in [3.63, 3.8) is 0 Å². The largest absolute Gasteiger partial charge is 0.348 e. The van der Waals surface area contributed by atoms with E-state index >= 15 is 0 Å². The van der Waals surface area contributed by atoms with Crippen molar-refractivity contribution >= 4 is 17.7 Å². The summed E-state index contributed by atoms with van der Waals surface area (Å²) in [6, 6.07) is 8.00. The van der Waals surface area contributed by atoms with Crippen LogP contribution < -0.4 is 10.6 Å². The minimum absolute atomic E-state index is 0.0421. The van der Waals surface area contributed by atoms with Gasteiger partial charge >= 0.3 is 0 Å². The van der Waals surface area contributed by atoms with Gasteiger partial charge in [0.2, 0.25) is 0 Å². The first-order valence-electron chi connectivity index (χ1n) is 6.37. The highest BCUT2D eigenvalue weighted by molar-refractivity contribution is 7.98. The lowest BCUT2D eigenvalue weighted by Crippen LogP contribution is -2.50. The second-order valence-electron chi connectivity index (χ2n) is 4.75. The fraction of sp³-hybridized carbons (Fsp3) is 0.500. The molecule has 4 heteroatoms. The maximum absolute atomic E-state index is 12.3. The SMILES string of the molecule is CSc1ccccc1C(=O)NC1CNCCC1C. The van der Waals surface area contributed by atoms with Crippen molar-refractivity contribution in [1.29, 1.82) is 0 Å². The summed E-state index contributed by atoms with van der Waals surface area (Å²) in [5.41, 5.74) is 0.780. The Bertz CT molecular complexity index is 422. The topological polar surface area (TPSA) is 41.1 Å². The Kier molecular flexibility index (Phi) is 4.66. The molecule has 2 rings (SSSR count). The predicted molar refractivity (Wildman–Crippen MR) is 76.1 cm³/mol. The Hall–Kier alpha value is -1.00. The molecular formula is C14H20N2OS. The Balaban J connectivity index is 2.07. The van der Waals surface area contributed by atoms with Gasteiger partial charge in [0.05, 0.1) is 5.56 Å². The third-order valence-electron chi connectivity index (χ3n) is 3.50. The molecule has 0 radical (unpaired) electrons. The Morgan fingerprint density at radius 1 is 1.44 bits per heavy atom. The van der Waals surface area contributed by atoms with E-state index in [1.165, 1.54) is 0 Å². The number of benzene rings is 1. The quantitative estimate of drug-likeness (QED) is 0.822. The van der Waals surface area contributed by atoms with Gasteiger partial charge in [-0.2, -0.15) is 0 Å². The average Bonchev–Trinajstić information content (AvgIpc) is 2.41. The van der Waals surface area contributed by atoms with Crippen LogP contribution in [-0.4, -0.2) is 31.3 Å². The normalized spacial score (nSPS) is 23.7. The van der Waals surface area contributed by atoms with Crippen molar-refractivity contribution in [1.82, 2.24) is 10.6 Å². The standard InChI is InChI=1S/C14H20N2OS/c1-10-7-8-15-9-12(10)16-14(17)11-5-3-4-6-13(11)18-2/h3-6,10,12,15H,7-9H2,1-2H3,(H,16,17). The smallest absolute Gasteiger partial charge is 0.252 e. The van der Waals surface area contributed by atoms with Crippen LogP contribution in [0.25, 0.3) is 0 Å². The zero-order valence-corrected chi connectivity index (χ0v) is 11.7. The summed E-state index contributed by atoms with van der Waals surface area (Å²) in [6.07, 6.45) is 3.12. The minimum Gasteiger partial charge on any atom is -0.348 e. The van der Waals surface area contributed by atoms with E-state index in [1.54, 1.807) is 11.8 Å². The molecule has 18 heavy (non-hydrogen) atoms. The highest BCUT2D eigenvalue weighted by atomic mass is 32.2. The van der Waals surface area contributed by atoms with E-state index in [2.05, 4.69) is 17.6 Å². The van der Waals surface area contributed by atoms with Gasteiger partial charge in [-0.15, -0.1) is 11.8 Å². The van der Waals surface area contributed by atoms with E-state index in [0.29, 0.717) is 5.92 Å². The molecule has 0 aliphatic carbocycles. The van der Waals surface area contributed by atoms with Gasteiger partial charge in [-0.05, 0) is 37.3 Å². The lowest BCUT2D eigenvalue weighted by molar-refractivity contribution is 0.0912. The van der Waals surface area contributed by atoms with Crippen LogP contribution in [0.2, 0.25) is 0 Å². The van der Waals surface area contributed by atoms with Crippen LogP contribution in [0.15, 0.2) is 29.2 Å². The van der Waals surface area contributed by atoms with E-state index in [1.807, 2.05) is 30.5 Å². The number of thioether (sulfide) groups is 1. The maximum atomic E-state index is 12.3. The van der Waals surface area contributed by atoms with Gasteiger partial charge in [-0.1, -0.05) is 19.1 Å². The summed E-state index contributed by atoms with van der Waals surface area (Å²) in [4.78, 5) is 13.3. The molecule has 1 saturated heterocycles. The van der Waals surface area contributed by atoms with E-state index in [-0.39, 0.29) is 11.9 Å². The van der Waals surface area contributed by atoms with Crippen molar-refractivity contribution in [3.8, 4) is 0 Å². The minimum atomic E-state index is 0.0421. The number of rotatable bonds is 3. The summed E-state index contributed by atoms with van der Waals surface area (Å²) in [7, 11) is 0. The lowest BCUT2D eigenvalue weighted by atomic mass is 9.94. The lowest BCUT2D eigenvalue weighted by Gasteiger charge is -2.30. The Morgan fingerprint density at radius 3 is 2.94 bits per heavy atom. The number of hydrogen-bond donors (Lipinski definition) is 2. The zero-order valence-electron chi connectivity index (χ0n) is 10.9. The van der Waals surface area contributed by atoms with Gasteiger partial charge in [0, 0.05) is 17.5 Å². The highest BCUT2D eigenvalue weighted by Gasteiger charge is 2.23. The van der Waals surface area contributed by atoms with Gasteiger partial charge in [-0.25, -0.2) is 0 Å². The van der Waals surface area contributed by atoms with Gasteiger partial charge in [0.25, 0.3) is 5.91 Å². The monoisotopic (exact) mass is 264 g/mol. The van der Waals surface area contributed by atoms with E-state index in [4.69, 9.17) is 0 Å². The van der Waals surface area contributed by atoms with Crippen molar-refractivity contribution in [2.24, 2.45) is 5.92 Å². The van der Waals surface area contributed by atoms with Crippen LogP contribution in [0.1, 0.15) is 23.7 Å². The Morgan fingerprint density at radius 2 is 2.22 bits per heavy atom. The van der Waals surface area contributed by atoms with Crippen LogP contribution in [-0.2, 0) is 0 Å². The molecule has 98 valence electrons. The van der Waals surface area contributed by atoms with E-state index < -0.39 is 0 Å². The van der Waals surface area contributed by atoms with Crippen LogP contribution in [0.5, 0.6) is 0 Å². The number of nitrogens with one attached hydrogen (secondary N) is 2. The molecule has 2 atom stereocenters. The van der Waals surface area contributed by atoms with Crippen LogP contribution in [0.4, 0.5) is 0 Å². The van der Waals surface area contributed by atoms with Gasteiger partial charge in [0.15, 0.2) is 0 Å². The highest BCUT2D eigenvalue weighted by Crippen LogP contribution is 2.20. The van der Waals surface area contributed by atoms with Gasteiger partial charge in [0.1, 0.15) is 0 Å². The summed E-state index contributed by atoms with van der Waals surface area (Å²) < 4.78 is 0. The molecule has 1 aliphatic rings. The molecular weight excluding hydrogens is 244 g/mol. The molecule has 1 aromatic rings. The fourth-order valence-corrected chi connectivity index (χ4v) is 2.86. The molecule has 1 fully saturated rings. The number of piperidine rings is 1. The van der Waals surface area contributed by atoms with Crippen LogP contribution in [0, 0.1) is 5.92 Å². The molecule has 2 unspecified atom stereocenters. The van der Waals surface area contributed by atoms with Gasteiger partial charge in [-0.3, -0.25) is 4.79 Å². The van der Waals surface area contributed by atoms with E-state index in [0.717, 1.165) is 30.0 Å². The molecule has 1 aliphatic heterocycles.